The second kappa shape index (κ2) is 8.30. The number of benzene rings is 1. The van der Waals surface area contributed by atoms with Crippen molar-refractivity contribution in [3.63, 3.8) is 0 Å². The normalized spacial score (nSPS) is 25.8. The summed E-state index contributed by atoms with van der Waals surface area (Å²) in [5, 5.41) is 3.15. The van der Waals surface area contributed by atoms with E-state index in [-0.39, 0.29) is 29.6 Å². The molecule has 1 saturated carbocycles. The molecule has 1 aromatic carbocycles. The Morgan fingerprint density at radius 2 is 1.94 bits per heavy atom. The van der Waals surface area contributed by atoms with E-state index in [0.29, 0.717) is 37.9 Å². The van der Waals surface area contributed by atoms with Crippen LogP contribution in [0.25, 0.3) is 0 Å². The monoisotopic (exact) mass is 429 g/mol. The topological polar surface area (TPSA) is 56.8 Å². The van der Waals surface area contributed by atoms with E-state index < -0.39 is 11.7 Å². The van der Waals surface area contributed by atoms with Gasteiger partial charge in [-0.3, -0.25) is 4.79 Å². The molecule has 0 bridgehead atoms. The number of fused-ring (bicyclic) bond motifs is 1. The molecule has 1 amide bonds. The maximum Gasteiger partial charge on any atom is 0.586 e. The number of ether oxygens (including phenoxy) is 3. The zero-order chi connectivity index (χ0) is 22.1. The van der Waals surface area contributed by atoms with Crippen LogP contribution in [0.4, 0.5) is 8.78 Å². The molecule has 31 heavy (non-hydrogen) atoms. The molecule has 0 aromatic heterocycles. The first kappa shape index (κ1) is 21.3. The van der Waals surface area contributed by atoms with Gasteiger partial charge in [0.05, 0.1) is 11.5 Å². The highest BCUT2D eigenvalue weighted by molar-refractivity contribution is 5.91. The van der Waals surface area contributed by atoms with Crippen LogP contribution in [0, 0.1) is 0 Å². The van der Waals surface area contributed by atoms with Gasteiger partial charge in [0.2, 0.25) is 5.91 Å². The third-order valence-corrected chi connectivity index (χ3v) is 5.86. The largest absolute Gasteiger partial charge is 0.586 e. The molecule has 0 radical (unpaired) electrons. The number of hydrogen-bond donors (Lipinski definition) is 1. The number of halogens is 2. The second-order valence-electron chi connectivity index (χ2n) is 7.96. The average Bonchev–Trinajstić information content (AvgIpc) is 3.48. The summed E-state index contributed by atoms with van der Waals surface area (Å²) < 4.78 is 41.6. The molecule has 2 fully saturated rings. The van der Waals surface area contributed by atoms with Gasteiger partial charge in [-0.05, 0) is 49.0 Å². The average molecular weight is 429 g/mol. The van der Waals surface area contributed by atoms with Crippen LogP contribution >= 0.6 is 0 Å². The third kappa shape index (κ3) is 4.42. The fourth-order valence-electron chi connectivity index (χ4n) is 4.09. The van der Waals surface area contributed by atoms with E-state index in [0.717, 1.165) is 5.57 Å². The molecule has 0 spiro atoms. The van der Waals surface area contributed by atoms with Crippen molar-refractivity contribution in [3.05, 3.63) is 72.9 Å². The van der Waals surface area contributed by atoms with Gasteiger partial charge in [-0.15, -0.1) is 8.78 Å². The van der Waals surface area contributed by atoms with Crippen molar-refractivity contribution in [3.8, 4) is 11.5 Å². The van der Waals surface area contributed by atoms with Crippen LogP contribution in [0.2, 0.25) is 0 Å². The quantitative estimate of drug-likeness (QED) is 0.646. The molecule has 1 saturated heterocycles. The predicted molar refractivity (Wildman–Crippen MR) is 112 cm³/mol. The van der Waals surface area contributed by atoms with Crippen molar-refractivity contribution >= 4 is 5.91 Å². The lowest BCUT2D eigenvalue weighted by Crippen LogP contribution is -2.46. The lowest BCUT2D eigenvalue weighted by molar-refractivity contribution is -0.286. The highest BCUT2D eigenvalue weighted by Gasteiger charge is 2.53. The molecular weight excluding hydrogens is 404 g/mol. The Morgan fingerprint density at radius 3 is 2.65 bits per heavy atom. The van der Waals surface area contributed by atoms with E-state index in [1.54, 1.807) is 18.2 Å². The zero-order valence-corrected chi connectivity index (χ0v) is 17.1. The molecule has 0 unspecified atom stereocenters. The number of carbonyl (C=O) groups is 1. The van der Waals surface area contributed by atoms with E-state index in [1.165, 1.54) is 12.1 Å². The first-order valence-electron chi connectivity index (χ1n) is 10.3. The van der Waals surface area contributed by atoms with Crippen LogP contribution in [0.5, 0.6) is 11.5 Å². The number of hydrogen-bond acceptors (Lipinski definition) is 4. The Balaban J connectivity index is 1.45. The summed E-state index contributed by atoms with van der Waals surface area (Å²) in [6.07, 6.45) is 7.88. The molecule has 1 aromatic rings. The maximum absolute atomic E-state index is 13.3. The van der Waals surface area contributed by atoms with Crippen molar-refractivity contribution in [2.75, 3.05) is 6.61 Å². The highest BCUT2D eigenvalue weighted by atomic mass is 19.3. The summed E-state index contributed by atoms with van der Waals surface area (Å²) in [6, 6.07) is 4.53. The van der Waals surface area contributed by atoms with E-state index in [1.807, 2.05) is 18.2 Å². The number of nitrogens with one attached hydrogen (secondary N) is 1. The van der Waals surface area contributed by atoms with Gasteiger partial charge in [0, 0.05) is 12.6 Å². The minimum Gasteiger partial charge on any atom is -0.395 e. The lowest BCUT2D eigenvalue weighted by atomic mass is 9.92. The third-order valence-electron chi connectivity index (χ3n) is 5.86. The highest BCUT2D eigenvalue weighted by Crippen LogP contribution is 2.52. The number of alkyl halides is 2. The second-order valence-corrected chi connectivity index (χ2v) is 7.96. The first-order valence-corrected chi connectivity index (χ1v) is 10.3. The van der Waals surface area contributed by atoms with Gasteiger partial charge in [0.1, 0.15) is 0 Å². The van der Waals surface area contributed by atoms with Gasteiger partial charge in [-0.1, -0.05) is 49.6 Å². The molecule has 1 aliphatic carbocycles. The van der Waals surface area contributed by atoms with E-state index >= 15 is 0 Å². The van der Waals surface area contributed by atoms with Gasteiger partial charge in [0.15, 0.2) is 11.5 Å². The summed E-state index contributed by atoms with van der Waals surface area (Å²) >= 11 is 0. The fourth-order valence-corrected chi connectivity index (χ4v) is 4.09. The molecule has 164 valence electrons. The van der Waals surface area contributed by atoms with Crippen LogP contribution in [0.1, 0.15) is 31.2 Å². The SMILES string of the molecule is C=C/C=C\C(=C/C=C)[C@@H]1C[C@H](NC(=O)C2(c3ccc4c(c3)OC(F)(F)O4)CC2)CCO1. The number of rotatable bonds is 7. The number of allylic oxidation sites excluding steroid dienone is 4. The van der Waals surface area contributed by atoms with E-state index in [4.69, 9.17) is 4.74 Å². The minimum atomic E-state index is -3.67. The zero-order valence-electron chi connectivity index (χ0n) is 17.1. The maximum atomic E-state index is 13.3. The van der Waals surface area contributed by atoms with Gasteiger partial charge < -0.3 is 19.5 Å². The number of amides is 1. The standard InChI is InChI=1S/C24H25F2NO4/c1-3-5-7-16(6-4-2)20-15-18(10-13-29-20)27-22(28)23(11-12-23)17-8-9-19-21(14-17)31-24(25,26)30-19/h3-9,14,18,20H,1-2,10-13,15H2,(H,27,28)/b7-5-,16-6+/t18-,20+/m1/s1. The summed E-state index contributed by atoms with van der Waals surface area (Å²) in [5.41, 5.74) is 0.911. The Hall–Kier alpha value is -2.93. The Morgan fingerprint density at radius 1 is 1.16 bits per heavy atom. The van der Waals surface area contributed by atoms with Gasteiger partial charge in [0.25, 0.3) is 0 Å². The Bertz CT molecular complexity index is 949. The van der Waals surface area contributed by atoms with Crippen molar-refractivity contribution in [1.82, 2.24) is 5.32 Å². The Labute approximate surface area is 180 Å². The van der Waals surface area contributed by atoms with Crippen molar-refractivity contribution in [2.45, 2.75) is 49.5 Å². The van der Waals surface area contributed by atoms with Crippen LogP contribution in [-0.4, -0.2) is 31.0 Å². The van der Waals surface area contributed by atoms with Crippen molar-refractivity contribution in [1.29, 1.82) is 0 Å². The molecule has 3 aliphatic rings. The summed E-state index contributed by atoms with van der Waals surface area (Å²) in [7, 11) is 0. The summed E-state index contributed by atoms with van der Waals surface area (Å²) in [5.74, 6) is -0.160. The van der Waals surface area contributed by atoms with Crippen LogP contribution in [-0.2, 0) is 14.9 Å². The van der Waals surface area contributed by atoms with Gasteiger partial charge in [-0.2, -0.15) is 0 Å². The molecule has 4 rings (SSSR count). The first-order chi connectivity index (χ1) is 14.9. The molecule has 5 nitrogen and oxygen atoms in total. The summed E-state index contributed by atoms with van der Waals surface area (Å²) in [6.45, 7) is 7.97. The molecular formula is C24H25F2NO4. The van der Waals surface area contributed by atoms with Gasteiger partial charge in [-0.25, -0.2) is 0 Å². The molecule has 2 atom stereocenters. The molecule has 2 heterocycles. The van der Waals surface area contributed by atoms with E-state index in [9.17, 15) is 13.6 Å². The van der Waals surface area contributed by atoms with Crippen LogP contribution in [0.15, 0.2) is 67.3 Å². The smallest absolute Gasteiger partial charge is 0.395 e. The van der Waals surface area contributed by atoms with Crippen LogP contribution in [0.3, 0.4) is 0 Å². The van der Waals surface area contributed by atoms with Crippen molar-refractivity contribution in [2.24, 2.45) is 0 Å². The van der Waals surface area contributed by atoms with Gasteiger partial charge >= 0.3 is 6.29 Å². The van der Waals surface area contributed by atoms with Crippen LogP contribution < -0.4 is 14.8 Å². The molecule has 7 heteroatoms. The fraction of sp³-hybridized carbons (Fsp3) is 0.375. The van der Waals surface area contributed by atoms with Crippen molar-refractivity contribution < 1.29 is 27.8 Å². The lowest BCUT2D eigenvalue weighted by Gasteiger charge is -2.32. The summed E-state index contributed by atoms with van der Waals surface area (Å²) in [4.78, 5) is 13.2. The number of carbonyl (C=O) groups excluding carboxylic acids is 1. The molecule has 1 N–H and O–H groups in total. The molecule has 2 aliphatic heterocycles. The predicted octanol–water partition coefficient (Wildman–Crippen LogP) is 4.56. The Kier molecular flexibility index (Phi) is 5.71. The minimum absolute atomic E-state index is 0.0219. The van der Waals surface area contributed by atoms with E-state index in [2.05, 4.69) is 27.9 Å².